The first-order valence-electron chi connectivity index (χ1n) is 9.20. The van der Waals surface area contributed by atoms with E-state index in [1.807, 2.05) is 0 Å². The number of carbonyl (C=O) groups excluding carboxylic acids is 1. The summed E-state index contributed by atoms with van der Waals surface area (Å²) in [6.45, 7) is 2.14. The van der Waals surface area contributed by atoms with Crippen LogP contribution in [0.5, 0.6) is 0 Å². The molecule has 5 nitrogen and oxygen atoms in total. The maximum absolute atomic E-state index is 12.1. The molecule has 1 unspecified atom stereocenters. The van der Waals surface area contributed by atoms with Gasteiger partial charge in [0, 0.05) is 12.8 Å². The van der Waals surface area contributed by atoms with Crippen LogP contribution in [0.2, 0.25) is 0 Å². The standard InChI is InChI=1S/C21H28O5/c1-2-3-4-5-6-10-13-17(22)15-19(21(25)26)18(20(23)24)14-16-11-8-7-9-12-16/h7-9,11-12,14,19H,2-6,10,13,15H2,1H3,(H,23,24)(H,25,26). The summed E-state index contributed by atoms with van der Waals surface area (Å²) in [7, 11) is 0. The van der Waals surface area contributed by atoms with Crippen LogP contribution in [0.15, 0.2) is 35.9 Å². The summed E-state index contributed by atoms with van der Waals surface area (Å²) in [5.74, 6) is -4.13. The summed E-state index contributed by atoms with van der Waals surface area (Å²) in [6.07, 6.45) is 7.56. The summed E-state index contributed by atoms with van der Waals surface area (Å²) in [6, 6.07) is 8.66. The fourth-order valence-electron chi connectivity index (χ4n) is 2.80. The van der Waals surface area contributed by atoms with E-state index in [0.29, 0.717) is 12.0 Å². The van der Waals surface area contributed by atoms with E-state index in [4.69, 9.17) is 0 Å². The van der Waals surface area contributed by atoms with Crippen LogP contribution in [0.4, 0.5) is 0 Å². The van der Waals surface area contributed by atoms with Crippen molar-refractivity contribution < 1.29 is 24.6 Å². The Morgan fingerprint density at radius 1 is 0.962 bits per heavy atom. The van der Waals surface area contributed by atoms with Gasteiger partial charge in [0.2, 0.25) is 0 Å². The van der Waals surface area contributed by atoms with E-state index in [9.17, 15) is 24.6 Å². The Labute approximate surface area is 154 Å². The minimum Gasteiger partial charge on any atom is -0.481 e. The molecular weight excluding hydrogens is 332 g/mol. The van der Waals surface area contributed by atoms with Crippen molar-refractivity contribution in [1.82, 2.24) is 0 Å². The first kappa shape index (κ1) is 21.6. The van der Waals surface area contributed by atoms with Gasteiger partial charge in [-0.3, -0.25) is 9.59 Å². The van der Waals surface area contributed by atoms with Crippen LogP contribution < -0.4 is 0 Å². The predicted octanol–water partition coefficient (Wildman–Crippen LogP) is 4.57. The Kier molecular flexibility index (Phi) is 9.98. The minimum absolute atomic E-state index is 0.201. The van der Waals surface area contributed by atoms with Gasteiger partial charge in [-0.2, -0.15) is 0 Å². The molecule has 0 amide bonds. The summed E-state index contributed by atoms with van der Waals surface area (Å²) in [5.41, 5.74) is 0.333. The second kappa shape index (κ2) is 12.0. The molecule has 5 heteroatoms. The topological polar surface area (TPSA) is 91.7 Å². The highest BCUT2D eigenvalue weighted by molar-refractivity contribution is 6.00. The SMILES string of the molecule is CCCCCCCCC(=O)CC(C(=O)O)C(=Cc1ccccc1)C(=O)O. The Bertz CT molecular complexity index is 619. The number of carbonyl (C=O) groups is 3. The number of carboxylic acid groups (broad SMARTS) is 2. The number of Topliss-reactive ketones (excluding diaryl/α,β-unsaturated/α-hetero) is 1. The molecule has 1 aromatic rings. The van der Waals surface area contributed by atoms with Crippen molar-refractivity contribution in [3.8, 4) is 0 Å². The maximum Gasteiger partial charge on any atom is 0.332 e. The zero-order valence-corrected chi connectivity index (χ0v) is 15.3. The molecule has 0 aromatic heterocycles. The first-order valence-corrected chi connectivity index (χ1v) is 9.20. The second-order valence-corrected chi connectivity index (χ2v) is 6.47. The summed E-state index contributed by atoms with van der Waals surface area (Å²) >= 11 is 0. The van der Waals surface area contributed by atoms with E-state index in [1.54, 1.807) is 30.3 Å². The van der Waals surface area contributed by atoms with Gasteiger partial charge in [-0.05, 0) is 18.1 Å². The van der Waals surface area contributed by atoms with Gasteiger partial charge in [-0.25, -0.2) is 4.79 Å². The van der Waals surface area contributed by atoms with Crippen LogP contribution in [-0.4, -0.2) is 27.9 Å². The molecule has 0 aliphatic rings. The largest absolute Gasteiger partial charge is 0.481 e. The Morgan fingerprint density at radius 3 is 2.15 bits per heavy atom. The Balaban J connectivity index is 2.70. The summed E-state index contributed by atoms with van der Waals surface area (Å²) in [4.78, 5) is 35.3. The monoisotopic (exact) mass is 360 g/mol. The number of hydrogen-bond acceptors (Lipinski definition) is 3. The van der Waals surface area contributed by atoms with Crippen molar-refractivity contribution in [2.75, 3.05) is 0 Å². The van der Waals surface area contributed by atoms with E-state index in [2.05, 4.69) is 6.92 Å². The molecule has 0 saturated heterocycles. The third-order valence-corrected chi connectivity index (χ3v) is 4.28. The van der Waals surface area contributed by atoms with E-state index in [-0.39, 0.29) is 17.8 Å². The van der Waals surface area contributed by atoms with E-state index < -0.39 is 17.9 Å². The third kappa shape index (κ3) is 8.10. The fraction of sp³-hybridized carbons (Fsp3) is 0.476. The zero-order chi connectivity index (χ0) is 19.4. The molecule has 0 saturated carbocycles. The highest BCUT2D eigenvalue weighted by Gasteiger charge is 2.29. The quantitative estimate of drug-likeness (QED) is 0.397. The number of benzene rings is 1. The third-order valence-electron chi connectivity index (χ3n) is 4.28. The number of carboxylic acids is 2. The van der Waals surface area contributed by atoms with Crippen molar-refractivity contribution in [1.29, 1.82) is 0 Å². The number of ketones is 1. The molecule has 1 rings (SSSR count). The molecule has 0 spiro atoms. The lowest BCUT2D eigenvalue weighted by Crippen LogP contribution is -2.24. The lowest BCUT2D eigenvalue weighted by atomic mass is 9.90. The van der Waals surface area contributed by atoms with Crippen LogP contribution in [0.3, 0.4) is 0 Å². The normalized spacial score (nSPS) is 12.6. The van der Waals surface area contributed by atoms with Gasteiger partial charge in [-0.1, -0.05) is 69.4 Å². The molecule has 1 atom stereocenters. The van der Waals surface area contributed by atoms with Crippen LogP contribution >= 0.6 is 0 Å². The van der Waals surface area contributed by atoms with Crippen LogP contribution in [0, 0.1) is 5.92 Å². The number of unbranched alkanes of at least 4 members (excludes halogenated alkanes) is 5. The highest BCUT2D eigenvalue weighted by Crippen LogP contribution is 2.21. The zero-order valence-electron chi connectivity index (χ0n) is 15.3. The molecular formula is C21H28O5. The van der Waals surface area contributed by atoms with Crippen molar-refractivity contribution in [2.45, 2.75) is 58.3 Å². The predicted molar refractivity (Wildman–Crippen MR) is 101 cm³/mol. The number of rotatable bonds is 13. The molecule has 0 aliphatic heterocycles. The van der Waals surface area contributed by atoms with Crippen molar-refractivity contribution in [3.63, 3.8) is 0 Å². The van der Waals surface area contributed by atoms with Crippen molar-refractivity contribution in [3.05, 3.63) is 41.5 Å². The molecule has 142 valence electrons. The van der Waals surface area contributed by atoms with E-state index in [1.165, 1.54) is 12.5 Å². The Hall–Kier alpha value is -2.43. The molecule has 2 N–H and O–H groups in total. The average Bonchev–Trinajstić information content (AvgIpc) is 2.61. The van der Waals surface area contributed by atoms with Gasteiger partial charge < -0.3 is 10.2 Å². The van der Waals surface area contributed by atoms with Crippen LogP contribution in [-0.2, 0) is 14.4 Å². The average molecular weight is 360 g/mol. The smallest absolute Gasteiger partial charge is 0.332 e. The van der Waals surface area contributed by atoms with Crippen LogP contribution in [0.1, 0.15) is 63.9 Å². The molecule has 0 heterocycles. The molecule has 0 aliphatic carbocycles. The van der Waals surface area contributed by atoms with Gasteiger partial charge in [0.05, 0.1) is 11.5 Å². The highest BCUT2D eigenvalue weighted by atomic mass is 16.4. The van der Waals surface area contributed by atoms with Gasteiger partial charge in [0.1, 0.15) is 5.78 Å². The van der Waals surface area contributed by atoms with Crippen molar-refractivity contribution in [2.24, 2.45) is 5.92 Å². The summed E-state index contributed by atoms with van der Waals surface area (Å²) < 4.78 is 0. The van der Waals surface area contributed by atoms with Crippen molar-refractivity contribution >= 4 is 23.8 Å². The van der Waals surface area contributed by atoms with Gasteiger partial charge in [-0.15, -0.1) is 0 Å². The molecule has 0 fully saturated rings. The van der Waals surface area contributed by atoms with Gasteiger partial charge >= 0.3 is 11.9 Å². The lowest BCUT2D eigenvalue weighted by molar-refractivity contribution is -0.145. The molecule has 26 heavy (non-hydrogen) atoms. The fourth-order valence-corrected chi connectivity index (χ4v) is 2.80. The van der Waals surface area contributed by atoms with E-state index in [0.717, 1.165) is 32.1 Å². The summed E-state index contributed by atoms with van der Waals surface area (Å²) in [5, 5.41) is 18.9. The minimum atomic E-state index is -1.33. The number of aliphatic carboxylic acids is 2. The maximum atomic E-state index is 12.1. The van der Waals surface area contributed by atoms with Gasteiger partial charge in [0.15, 0.2) is 0 Å². The molecule has 0 bridgehead atoms. The van der Waals surface area contributed by atoms with Crippen LogP contribution in [0.25, 0.3) is 6.08 Å². The number of hydrogen-bond donors (Lipinski definition) is 2. The van der Waals surface area contributed by atoms with Gasteiger partial charge in [0.25, 0.3) is 0 Å². The first-order chi connectivity index (χ1) is 12.5. The Morgan fingerprint density at radius 2 is 1.58 bits per heavy atom. The van der Waals surface area contributed by atoms with E-state index >= 15 is 0 Å². The molecule has 1 aromatic carbocycles. The lowest BCUT2D eigenvalue weighted by Gasteiger charge is -2.13. The molecule has 0 radical (unpaired) electrons. The second-order valence-electron chi connectivity index (χ2n) is 6.47.